The highest BCUT2D eigenvalue weighted by atomic mass is 32.2. The normalized spacial score (nSPS) is 12.9. The summed E-state index contributed by atoms with van der Waals surface area (Å²) in [5, 5.41) is 7.14. The van der Waals surface area contributed by atoms with Crippen LogP contribution in [0.3, 0.4) is 0 Å². The van der Waals surface area contributed by atoms with E-state index in [4.69, 9.17) is 19.9 Å². The van der Waals surface area contributed by atoms with Gasteiger partial charge in [0.1, 0.15) is 0 Å². The SMILES string of the molecule is CCCCSc1cc2nc3c4cc(C(C)(C)C)cc5c6nc7cc(SCCCC)c(SCCCC)cc7nc6c6c(C(C)(C)C)ccc(c3nc2cc1SCCCC)c6c45. The molecule has 0 fully saturated rings. The Morgan fingerprint density at radius 3 is 1.13 bits per heavy atom. The molecule has 0 unspecified atom stereocenters. The number of thioether (sulfide) groups is 4. The predicted octanol–water partition coefficient (Wildman–Crippen LogP) is 16.9. The van der Waals surface area contributed by atoms with Crippen molar-refractivity contribution in [2.75, 3.05) is 23.0 Å². The maximum absolute atomic E-state index is 5.71. The molecule has 0 spiro atoms. The van der Waals surface area contributed by atoms with Crippen LogP contribution < -0.4 is 0 Å². The monoisotopic (exact) mass is 870 g/mol. The number of rotatable bonds is 16. The van der Waals surface area contributed by atoms with E-state index >= 15 is 0 Å². The van der Waals surface area contributed by atoms with Crippen molar-refractivity contribution in [1.29, 1.82) is 0 Å². The average molecular weight is 871 g/mol. The van der Waals surface area contributed by atoms with Crippen molar-refractivity contribution in [3.63, 3.8) is 0 Å². The molecule has 0 amide bonds. The number of nitrogens with zero attached hydrogens (tertiary/aromatic N) is 4. The number of fused-ring (bicyclic) bond motifs is 8. The summed E-state index contributed by atoms with van der Waals surface area (Å²) in [5.74, 6) is 4.45. The van der Waals surface area contributed by atoms with E-state index < -0.39 is 0 Å². The smallest absolute Gasteiger partial charge is 0.0982 e. The van der Waals surface area contributed by atoms with E-state index in [9.17, 15) is 0 Å². The summed E-state index contributed by atoms with van der Waals surface area (Å²) < 4.78 is 0. The molecule has 0 saturated heterocycles. The van der Waals surface area contributed by atoms with Gasteiger partial charge in [-0.05, 0) is 107 Å². The fraction of sp³-hybridized carbons (Fsp3) is 0.462. The molecule has 0 radical (unpaired) electrons. The van der Waals surface area contributed by atoms with E-state index in [1.165, 1.54) is 98.2 Å². The van der Waals surface area contributed by atoms with Crippen molar-refractivity contribution in [3.8, 4) is 0 Å². The first kappa shape index (κ1) is 43.6. The third-order valence-corrected chi connectivity index (χ3v) is 16.6. The quantitative estimate of drug-likeness (QED) is 0.0412. The molecule has 2 heterocycles. The molecule has 60 heavy (non-hydrogen) atoms. The van der Waals surface area contributed by atoms with Crippen molar-refractivity contribution in [2.45, 2.75) is 151 Å². The molecule has 0 saturated carbocycles. The van der Waals surface area contributed by atoms with Gasteiger partial charge in [0, 0.05) is 51.9 Å². The summed E-state index contributed by atoms with van der Waals surface area (Å²) in [7, 11) is 0. The summed E-state index contributed by atoms with van der Waals surface area (Å²) in [6.45, 7) is 23.1. The molecule has 0 atom stereocenters. The Morgan fingerprint density at radius 2 is 0.767 bits per heavy atom. The topological polar surface area (TPSA) is 51.6 Å². The van der Waals surface area contributed by atoms with E-state index in [1.807, 2.05) is 47.0 Å². The van der Waals surface area contributed by atoms with Crippen molar-refractivity contribution in [3.05, 3.63) is 59.7 Å². The predicted molar refractivity (Wildman–Crippen MR) is 271 cm³/mol. The van der Waals surface area contributed by atoms with Gasteiger partial charge in [-0.15, -0.1) is 47.0 Å². The van der Waals surface area contributed by atoms with Gasteiger partial charge in [-0.1, -0.05) is 107 Å². The minimum atomic E-state index is -0.131. The fourth-order valence-corrected chi connectivity index (χ4v) is 13.2. The average Bonchev–Trinajstić information content (AvgIpc) is 3.21. The maximum Gasteiger partial charge on any atom is 0.0982 e. The number of hydrogen-bond acceptors (Lipinski definition) is 8. The second-order valence-corrected chi connectivity index (χ2v) is 23.1. The molecule has 2 aromatic heterocycles. The van der Waals surface area contributed by atoms with Crippen LogP contribution in [-0.4, -0.2) is 42.9 Å². The Morgan fingerprint density at radius 1 is 0.400 bits per heavy atom. The van der Waals surface area contributed by atoms with E-state index in [1.54, 1.807) is 0 Å². The van der Waals surface area contributed by atoms with Gasteiger partial charge < -0.3 is 0 Å². The number of hydrogen-bond donors (Lipinski definition) is 0. The second-order valence-electron chi connectivity index (χ2n) is 18.6. The summed E-state index contributed by atoms with van der Waals surface area (Å²) in [4.78, 5) is 28.0. The summed E-state index contributed by atoms with van der Waals surface area (Å²) in [6.07, 6.45) is 9.60. The van der Waals surface area contributed by atoms with E-state index in [0.717, 1.165) is 83.3 Å². The molecule has 8 aromatic rings. The van der Waals surface area contributed by atoms with E-state index in [-0.39, 0.29) is 10.8 Å². The van der Waals surface area contributed by atoms with Crippen molar-refractivity contribution in [1.82, 2.24) is 19.9 Å². The summed E-state index contributed by atoms with van der Waals surface area (Å²) >= 11 is 7.91. The van der Waals surface area contributed by atoms with Gasteiger partial charge in [-0.3, -0.25) is 0 Å². The van der Waals surface area contributed by atoms with Crippen LogP contribution in [-0.2, 0) is 10.8 Å². The van der Waals surface area contributed by atoms with Crippen LogP contribution in [0.2, 0.25) is 0 Å². The number of unbranched alkanes of at least 4 members (excludes halogenated alkanes) is 4. The van der Waals surface area contributed by atoms with Crippen LogP contribution in [0.25, 0.3) is 76.5 Å². The van der Waals surface area contributed by atoms with Gasteiger partial charge in [0.2, 0.25) is 0 Å². The molecule has 0 aliphatic rings. The van der Waals surface area contributed by atoms with Crippen LogP contribution in [0.15, 0.2) is 68.1 Å². The fourth-order valence-electron chi connectivity index (χ4n) is 8.27. The molecule has 8 heteroatoms. The van der Waals surface area contributed by atoms with Crippen LogP contribution in [0.5, 0.6) is 0 Å². The minimum absolute atomic E-state index is 0.102. The summed E-state index contributed by atoms with van der Waals surface area (Å²) in [6, 6.07) is 18.9. The zero-order valence-electron chi connectivity index (χ0n) is 37.5. The first-order chi connectivity index (χ1) is 28.9. The van der Waals surface area contributed by atoms with Gasteiger partial charge in [0.05, 0.1) is 44.1 Å². The van der Waals surface area contributed by atoms with Crippen molar-refractivity contribution >= 4 is 123 Å². The van der Waals surface area contributed by atoms with Gasteiger partial charge in [0.25, 0.3) is 0 Å². The lowest BCUT2D eigenvalue weighted by Gasteiger charge is -2.26. The van der Waals surface area contributed by atoms with Gasteiger partial charge in [0.15, 0.2) is 0 Å². The first-order valence-electron chi connectivity index (χ1n) is 22.5. The Labute approximate surface area is 374 Å². The van der Waals surface area contributed by atoms with E-state index in [0.29, 0.717) is 0 Å². The molecular formula is C52H62N4S4. The molecule has 314 valence electrons. The molecule has 8 rings (SSSR count). The lowest BCUT2D eigenvalue weighted by molar-refractivity contribution is 0.592. The third-order valence-electron chi connectivity index (χ3n) is 11.8. The van der Waals surface area contributed by atoms with E-state index in [2.05, 4.69) is 118 Å². The summed E-state index contributed by atoms with van der Waals surface area (Å²) in [5.41, 5.74) is 10.1. The Hall–Kier alpha value is -3.04. The van der Waals surface area contributed by atoms with Gasteiger partial charge >= 0.3 is 0 Å². The minimum Gasteiger partial charge on any atom is -0.244 e. The number of benzene rings is 6. The first-order valence-corrected chi connectivity index (χ1v) is 26.4. The zero-order chi connectivity index (χ0) is 42.3. The molecule has 0 aliphatic heterocycles. The van der Waals surface area contributed by atoms with Crippen LogP contribution >= 0.6 is 47.0 Å². The lowest BCUT2D eigenvalue weighted by Crippen LogP contribution is -2.13. The number of aromatic nitrogens is 4. The zero-order valence-corrected chi connectivity index (χ0v) is 40.8. The third kappa shape index (κ3) is 8.41. The highest BCUT2D eigenvalue weighted by Crippen LogP contribution is 2.49. The molecule has 6 aromatic carbocycles. The van der Waals surface area contributed by atoms with Crippen LogP contribution in [0.1, 0.15) is 132 Å². The van der Waals surface area contributed by atoms with Crippen molar-refractivity contribution in [2.24, 2.45) is 0 Å². The largest absolute Gasteiger partial charge is 0.244 e. The molecule has 0 aliphatic carbocycles. The highest BCUT2D eigenvalue weighted by molar-refractivity contribution is 8.02. The van der Waals surface area contributed by atoms with Gasteiger partial charge in [-0.25, -0.2) is 19.9 Å². The van der Waals surface area contributed by atoms with Crippen LogP contribution in [0, 0.1) is 0 Å². The highest BCUT2D eigenvalue weighted by Gasteiger charge is 2.28. The molecule has 0 bridgehead atoms. The Balaban J connectivity index is 1.51. The van der Waals surface area contributed by atoms with Crippen LogP contribution in [0.4, 0.5) is 0 Å². The standard InChI is InChI=1S/C52H62N4S4/c1-11-15-21-57-40-27-36-37(28-41(40)58-22-16-12-2)54-48-33-25-31(51(5,6)7)26-34-44(33)45-32(47(48)53-36)19-20-35(52(8,9)10)46(45)50-49(34)55-38-29-42(59-23-17-13-3)43(30-39(38)56-50)60-24-18-14-4/h19-20,25-30H,11-18,21-24H2,1-10H3. The van der Waals surface area contributed by atoms with Crippen molar-refractivity contribution < 1.29 is 0 Å². The molecular weight excluding hydrogens is 809 g/mol. The van der Waals surface area contributed by atoms with Gasteiger partial charge in [-0.2, -0.15) is 0 Å². The lowest BCUT2D eigenvalue weighted by atomic mass is 9.78. The second kappa shape index (κ2) is 18.0. The molecule has 4 nitrogen and oxygen atoms in total. The maximum atomic E-state index is 5.71. The Bertz CT molecular complexity index is 2830. The Kier molecular flexibility index (Phi) is 13.1. The molecule has 0 N–H and O–H groups in total.